The fourth-order valence-electron chi connectivity index (χ4n) is 3.22. The second-order valence-electron chi connectivity index (χ2n) is 7.36. The van der Waals surface area contributed by atoms with Gasteiger partial charge < -0.3 is 14.6 Å². The molecule has 0 saturated carbocycles. The standard InChI is InChI=1S/C21H34O5/c1-5-9-18-15-26-21(24,14-19(18)22)17(3)12-8-11-16(2)10-6-7-13-20(23)25-4/h6-7,10,13,16-18,24H,5,8-9,11-12,14-15H2,1-4H3/b10-6+,13-7+/t16-,17-,18+,21-/m0/s1. The molecule has 5 nitrogen and oxygen atoms in total. The normalized spacial score (nSPS) is 26.3. The Bertz CT molecular complexity index is 511. The Hall–Kier alpha value is -1.46. The third-order valence-electron chi connectivity index (χ3n) is 5.11. The van der Waals surface area contributed by atoms with Gasteiger partial charge in [0.15, 0.2) is 5.79 Å². The first kappa shape index (κ1) is 22.6. The number of Topliss-reactive ketones (excluding diaryl/α,β-unsaturated/α-hetero) is 1. The van der Waals surface area contributed by atoms with Crippen LogP contribution < -0.4 is 0 Å². The van der Waals surface area contributed by atoms with Crippen LogP contribution in [0.4, 0.5) is 0 Å². The lowest BCUT2D eigenvalue weighted by Crippen LogP contribution is -2.48. The lowest BCUT2D eigenvalue weighted by atomic mass is 9.83. The number of methoxy groups -OCH3 is 1. The molecule has 1 rings (SSSR count). The summed E-state index contributed by atoms with van der Waals surface area (Å²) in [6.45, 7) is 6.45. The van der Waals surface area contributed by atoms with E-state index in [0.717, 1.165) is 32.1 Å². The highest BCUT2D eigenvalue weighted by Gasteiger charge is 2.42. The molecule has 1 aliphatic rings. The van der Waals surface area contributed by atoms with Crippen LogP contribution in [0.3, 0.4) is 0 Å². The lowest BCUT2D eigenvalue weighted by molar-refractivity contribution is -0.255. The monoisotopic (exact) mass is 366 g/mol. The van der Waals surface area contributed by atoms with Crippen LogP contribution in [0.15, 0.2) is 24.3 Å². The van der Waals surface area contributed by atoms with Crippen molar-refractivity contribution < 1.29 is 24.2 Å². The first-order valence-corrected chi connectivity index (χ1v) is 9.64. The number of aliphatic hydroxyl groups is 1. The molecule has 0 unspecified atom stereocenters. The zero-order valence-electron chi connectivity index (χ0n) is 16.6. The van der Waals surface area contributed by atoms with Gasteiger partial charge in [-0.05, 0) is 25.2 Å². The number of ether oxygens (including phenoxy) is 2. The van der Waals surface area contributed by atoms with Crippen LogP contribution in [-0.4, -0.2) is 36.4 Å². The SMILES string of the molecule is CCC[C@@H]1CO[C@](O)([C@@H](C)CCC[C@@H](C)/C=C/C=C/C(=O)OC)CC1=O. The highest BCUT2D eigenvalue weighted by molar-refractivity contribution is 5.82. The maximum absolute atomic E-state index is 12.2. The van der Waals surface area contributed by atoms with Gasteiger partial charge in [0.05, 0.1) is 20.1 Å². The molecular formula is C21H34O5. The molecule has 4 atom stereocenters. The molecule has 1 fully saturated rings. The summed E-state index contributed by atoms with van der Waals surface area (Å²) in [6.07, 6.45) is 11.5. The molecule has 0 spiro atoms. The highest BCUT2D eigenvalue weighted by atomic mass is 16.6. The maximum Gasteiger partial charge on any atom is 0.330 e. The average molecular weight is 366 g/mol. The van der Waals surface area contributed by atoms with Crippen molar-refractivity contribution in [2.45, 2.75) is 65.1 Å². The summed E-state index contributed by atoms with van der Waals surface area (Å²) in [7, 11) is 1.35. The Morgan fingerprint density at radius 1 is 1.38 bits per heavy atom. The van der Waals surface area contributed by atoms with Crippen LogP contribution in [0.5, 0.6) is 0 Å². The van der Waals surface area contributed by atoms with Gasteiger partial charge >= 0.3 is 5.97 Å². The third kappa shape index (κ3) is 7.42. The van der Waals surface area contributed by atoms with Gasteiger partial charge in [0, 0.05) is 17.9 Å². The van der Waals surface area contributed by atoms with Crippen LogP contribution in [-0.2, 0) is 19.1 Å². The van der Waals surface area contributed by atoms with E-state index in [1.807, 2.05) is 19.1 Å². The Labute approximate surface area is 157 Å². The predicted molar refractivity (Wildman–Crippen MR) is 101 cm³/mol. The van der Waals surface area contributed by atoms with Gasteiger partial charge in [-0.3, -0.25) is 4.79 Å². The van der Waals surface area contributed by atoms with Crippen molar-refractivity contribution in [1.29, 1.82) is 0 Å². The van der Waals surface area contributed by atoms with E-state index in [2.05, 4.69) is 18.6 Å². The summed E-state index contributed by atoms with van der Waals surface area (Å²) in [5.74, 6) is -1.33. The fourth-order valence-corrected chi connectivity index (χ4v) is 3.22. The summed E-state index contributed by atoms with van der Waals surface area (Å²) in [5.41, 5.74) is 0. The zero-order chi connectivity index (χ0) is 19.6. The molecule has 5 heteroatoms. The average Bonchev–Trinajstić information content (AvgIpc) is 2.61. The Balaban J connectivity index is 2.36. The summed E-state index contributed by atoms with van der Waals surface area (Å²) in [4.78, 5) is 23.2. The lowest BCUT2D eigenvalue weighted by Gasteiger charge is -2.39. The Kier molecular flexibility index (Phi) is 9.81. The molecule has 1 aliphatic heterocycles. The fraction of sp³-hybridized carbons (Fsp3) is 0.714. The van der Waals surface area contributed by atoms with Crippen molar-refractivity contribution in [1.82, 2.24) is 0 Å². The number of hydrogen-bond acceptors (Lipinski definition) is 5. The van der Waals surface area contributed by atoms with E-state index in [-0.39, 0.29) is 30.0 Å². The molecule has 0 aromatic heterocycles. The van der Waals surface area contributed by atoms with Gasteiger partial charge in [-0.25, -0.2) is 4.79 Å². The predicted octanol–water partition coefficient (Wildman–Crippen LogP) is 3.81. The van der Waals surface area contributed by atoms with E-state index in [1.165, 1.54) is 13.2 Å². The number of ketones is 1. The summed E-state index contributed by atoms with van der Waals surface area (Å²) in [5, 5.41) is 10.7. The van der Waals surface area contributed by atoms with E-state index in [4.69, 9.17) is 4.74 Å². The van der Waals surface area contributed by atoms with Crippen LogP contribution in [0.25, 0.3) is 0 Å². The van der Waals surface area contributed by atoms with Crippen molar-refractivity contribution in [3.63, 3.8) is 0 Å². The van der Waals surface area contributed by atoms with E-state index in [0.29, 0.717) is 12.5 Å². The van der Waals surface area contributed by atoms with Crippen LogP contribution in [0.2, 0.25) is 0 Å². The Morgan fingerprint density at radius 3 is 2.73 bits per heavy atom. The summed E-state index contributed by atoms with van der Waals surface area (Å²) in [6, 6.07) is 0. The van der Waals surface area contributed by atoms with Gasteiger partial charge in [0.25, 0.3) is 0 Å². The minimum absolute atomic E-state index is 0.0596. The molecular weight excluding hydrogens is 332 g/mol. The van der Waals surface area contributed by atoms with Gasteiger partial charge in [-0.15, -0.1) is 0 Å². The first-order valence-electron chi connectivity index (χ1n) is 9.64. The molecule has 26 heavy (non-hydrogen) atoms. The highest BCUT2D eigenvalue weighted by Crippen LogP contribution is 2.34. The van der Waals surface area contributed by atoms with Gasteiger partial charge in [-0.1, -0.05) is 51.8 Å². The van der Waals surface area contributed by atoms with Crippen molar-refractivity contribution in [3.8, 4) is 0 Å². The smallest absolute Gasteiger partial charge is 0.330 e. The van der Waals surface area contributed by atoms with Gasteiger partial charge in [0.1, 0.15) is 5.78 Å². The van der Waals surface area contributed by atoms with Crippen molar-refractivity contribution >= 4 is 11.8 Å². The van der Waals surface area contributed by atoms with Crippen molar-refractivity contribution in [3.05, 3.63) is 24.3 Å². The van der Waals surface area contributed by atoms with Gasteiger partial charge in [-0.2, -0.15) is 0 Å². The quantitative estimate of drug-likeness (QED) is 0.362. The number of esters is 1. The molecule has 148 valence electrons. The minimum atomic E-state index is -1.32. The van der Waals surface area contributed by atoms with E-state index in [9.17, 15) is 14.7 Å². The number of carbonyl (C=O) groups excluding carboxylic acids is 2. The van der Waals surface area contributed by atoms with Gasteiger partial charge in [0.2, 0.25) is 0 Å². The summed E-state index contributed by atoms with van der Waals surface area (Å²) < 4.78 is 10.2. The van der Waals surface area contributed by atoms with Crippen LogP contribution in [0, 0.1) is 17.8 Å². The minimum Gasteiger partial charge on any atom is -0.466 e. The van der Waals surface area contributed by atoms with E-state index in [1.54, 1.807) is 6.08 Å². The first-order chi connectivity index (χ1) is 12.3. The van der Waals surface area contributed by atoms with Crippen LogP contribution in [0.1, 0.15) is 59.3 Å². The second-order valence-corrected chi connectivity index (χ2v) is 7.36. The summed E-state index contributed by atoms with van der Waals surface area (Å²) >= 11 is 0. The zero-order valence-corrected chi connectivity index (χ0v) is 16.6. The van der Waals surface area contributed by atoms with E-state index < -0.39 is 5.79 Å². The molecule has 0 aromatic carbocycles. The van der Waals surface area contributed by atoms with E-state index >= 15 is 0 Å². The van der Waals surface area contributed by atoms with Crippen molar-refractivity contribution in [2.75, 3.05) is 13.7 Å². The molecule has 0 radical (unpaired) electrons. The molecule has 1 heterocycles. The molecule has 0 aliphatic carbocycles. The molecule has 0 aromatic rings. The molecule has 1 saturated heterocycles. The van der Waals surface area contributed by atoms with Crippen molar-refractivity contribution in [2.24, 2.45) is 17.8 Å². The van der Waals surface area contributed by atoms with Crippen LogP contribution >= 0.6 is 0 Å². The Morgan fingerprint density at radius 2 is 2.12 bits per heavy atom. The number of rotatable bonds is 10. The number of allylic oxidation sites excluding steroid dienone is 3. The topological polar surface area (TPSA) is 72.8 Å². The largest absolute Gasteiger partial charge is 0.466 e. The molecule has 1 N–H and O–H groups in total. The number of hydrogen-bond donors (Lipinski definition) is 1. The molecule has 0 bridgehead atoms. The maximum atomic E-state index is 12.2. The second kappa shape index (κ2) is 11.3. The molecule has 0 amide bonds. The number of carbonyl (C=O) groups is 2. The third-order valence-corrected chi connectivity index (χ3v) is 5.11.